The van der Waals surface area contributed by atoms with Crippen molar-refractivity contribution >= 4 is 11.7 Å². The quantitative estimate of drug-likeness (QED) is 0.521. The van der Waals surface area contributed by atoms with Gasteiger partial charge in [0.15, 0.2) is 17.3 Å². The Labute approximate surface area is 184 Å². The molecule has 0 N–H and O–H groups in total. The van der Waals surface area contributed by atoms with Gasteiger partial charge in [-0.05, 0) is 38.0 Å². The third-order valence-electron chi connectivity index (χ3n) is 4.92. The number of Topliss-reactive ketones (excluding diaryl/α,β-unsaturated/α-hetero) is 1. The number of ether oxygens (including phenoxy) is 2. The number of hydrogen-bond acceptors (Lipinski definition) is 4. The van der Waals surface area contributed by atoms with Crippen molar-refractivity contribution in [3.63, 3.8) is 0 Å². The number of likely N-dealkylation sites (N-methyl/N-ethyl adjacent to an activating group) is 1. The molecule has 5 heteroatoms. The van der Waals surface area contributed by atoms with E-state index in [0.29, 0.717) is 17.1 Å². The number of ketones is 1. The van der Waals surface area contributed by atoms with Gasteiger partial charge < -0.3 is 14.4 Å². The van der Waals surface area contributed by atoms with Crippen LogP contribution in [0.5, 0.6) is 11.5 Å². The van der Waals surface area contributed by atoms with Gasteiger partial charge in [-0.15, -0.1) is 0 Å². The van der Waals surface area contributed by atoms with E-state index in [0.717, 1.165) is 25.7 Å². The molecule has 2 aliphatic rings. The molecule has 0 aromatic heterocycles. The Morgan fingerprint density at radius 1 is 1.00 bits per heavy atom. The van der Waals surface area contributed by atoms with Crippen LogP contribution in [0.2, 0.25) is 0 Å². The molecular formula is C25H43NO4. The van der Waals surface area contributed by atoms with Crippen LogP contribution in [0, 0.1) is 5.92 Å². The SMILES string of the molecule is CC.CC.CC(C(=O)c1ccc2c(c1)OCO2)N(C)C(=O)C1CCCCC1.CCC. The first-order chi connectivity index (χ1) is 14.5. The average Bonchev–Trinajstić information content (AvgIpc) is 3.29. The molecule has 1 saturated carbocycles. The van der Waals surface area contributed by atoms with Crippen molar-refractivity contribution in [3.8, 4) is 11.5 Å². The van der Waals surface area contributed by atoms with Crippen LogP contribution in [0.15, 0.2) is 18.2 Å². The van der Waals surface area contributed by atoms with Crippen molar-refractivity contribution in [3.05, 3.63) is 23.8 Å². The Kier molecular flexibility index (Phi) is 14.7. The van der Waals surface area contributed by atoms with E-state index in [1.54, 1.807) is 37.1 Å². The lowest BCUT2D eigenvalue weighted by molar-refractivity contribution is -0.136. The number of carbonyl (C=O) groups is 2. The number of amides is 1. The zero-order chi connectivity index (χ0) is 23.1. The normalized spacial score (nSPS) is 15.2. The Hall–Kier alpha value is -2.04. The Morgan fingerprint density at radius 3 is 2.10 bits per heavy atom. The molecule has 5 nitrogen and oxygen atoms in total. The molecule has 0 radical (unpaired) electrons. The van der Waals surface area contributed by atoms with Gasteiger partial charge in [0, 0.05) is 18.5 Å². The molecule has 1 aliphatic heterocycles. The number of benzene rings is 1. The van der Waals surface area contributed by atoms with Crippen LogP contribution in [0.1, 0.15) is 97.3 Å². The second kappa shape index (κ2) is 15.8. The van der Waals surface area contributed by atoms with E-state index in [1.807, 2.05) is 27.7 Å². The summed E-state index contributed by atoms with van der Waals surface area (Å²) >= 11 is 0. The number of rotatable bonds is 4. The van der Waals surface area contributed by atoms with Crippen LogP contribution in [0.25, 0.3) is 0 Å². The molecule has 1 aromatic carbocycles. The second-order valence-corrected chi connectivity index (χ2v) is 7.10. The van der Waals surface area contributed by atoms with E-state index in [9.17, 15) is 9.59 Å². The van der Waals surface area contributed by atoms with Gasteiger partial charge in [0.1, 0.15) is 0 Å². The maximum absolute atomic E-state index is 12.7. The van der Waals surface area contributed by atoms with Crippen LogP contribution < -0.4 is 9.47 Å². The first kappa shape index (κ1) is 28.0. The molecule has 1 heterocycles. The van der Waals surface area contributed by atoms with Gasteiger partial charge >= 0.3 is 0 Å². The average molecular weight is 422 g/mol. The summed E-state index contributed by atoms with van der Waals surface area (Å²) in [6.07, 6.45) is 6.55. The van der Waals surface area contributed by atoms with Gasteiger partial charge in [0.2, 0.25) is 12.7 Å². The monoisotopic (exact) mass is 421 g/mol. The van der Waals surface area contributed by atoms with E-state index < -0.39 is 6.04 Å². The van der Waals surface area contributed by atoms with E-state index >= 15 is 0 Å². The Balaban J connectivity index is 0.00000108. The van der Waals surface area contributed by atoms with Crippen molar-refractivity contribution in [2.45, 2.75) is 93.0 Å². The highest BCUT2D eigenvalue weighted by Gasteiger charge is 2.30. The van der Waals surface area contributed by atoms with Crippen molar-refractivity contribution in [2.75, 3.05) is 13.8 Å². The third kappa shape index (κ3) is 8.00. The maximum Gasteiger partial charge on any atom is 0.231 e. The molecule has 1 atom stereocenters. The summed E-state index contributed by atoms with van der Waals surface area (Å²) in [5.41, 5.74) is 0.546. The lowest BCUT2D eigenvalue weighted by Crippen LogP contribution is -2.43. The lowest BCUT2D eigenvalue weighted by atomic mass is 9.88. The standard InChI is InChI=1S/C18H23NO4.C3H8.2C2H6/c1-12(19(2)18(21)13-6-4-3-5-7-13)17(20)14-8-9-15-16(10-14)23-11-22-15;1-3-2;2*1-2/h8-10,12-13H,3-7,11H2,1-2H3;3H2,1-2H3;2*1-2H3. The minimum Gasteiger partial charge on any atom is -0.454 e. The fraction of sp³-hybridized carbons (Fsp3) is 0.680. The fourth-order valence-electron chi connectivity index (χ4n) is 3.30. The lowest BCUT2D eigenvalue weighted by Gasteiger charge is -2.30. The van der Waals surface area contributed by atoms with E-state index in [2.05, 4.69) is 13.8 Å². The molecule has 1 aliphatic carbocycles. The summed E-state index contributed by atoms with van der Waals surface area (Å²) in [4.78, 5) is 26.9. The summed E-state index contributed by atoms with van der Waals surface area (Å²) in [5, 5.41) is 0. The Morgan fingerprint density at radius 2 is 1.53 bits per heavy atom. The van der Waals surface area contributed by atoms with E-state index in [-0.39, 0.29) is 24.4 Å². The molecule has 1 amide bonds. The number of fused-ring (bicyclic) bond motifs is 1. The first-order valence-electron chi connectivity index (χ1n) is 11.7. The highest BCUT2D eigenvalue weighted by Crippen LogP contribution is 2.33. The van der Waals surface area contributed by atoms with Gasteiger partial charge in [-0.3, -0.25) is 9.59 Å². The van der Waals surface area contributed by atoms with Gasteiger partial charge in [-0.2, -0.15) is 0 Å². The summed E-state index contributed by atoms with van der Waals surface area (Å²) in [6.45, 7) is 14.2. The maximum atomic E-state index is 12.7. The molecule has 172 valence electrons. The smallest absolute Gasteiger partial charge is 0.231 e. The van der Waals surface area contributed by atoms with Crippen LogP contribution >= 0.6 is 0 Å². The topological polar surface area (TPSA) is 55.8 Å². The van der Waals surface area contributed by atoms with Gasteiger partial charge in [-0.1, -0.05) is 67.2 Å². The summed E-state index contributed by atoms with van der Waals surface area (Å²) in [5.74, 6) is 1.33. The zero-order valence-electron chi connectivity index (χ0n) is 20.4. The fourth-order valence-corrected chi connectivity index (χ4v) is 3.30. The molecule has 30 heavy (non-hydrogen) atoms. The molecule has 3 rings (SSSR count). The van der Waals surface area contributed by atoms with Crippen LogP contribution in [0.4, 0.5) is 0 Å². The predicted octanol–water partition coefficient (Wildman–Crippen LogP) is 6.49. The second-order valence-electron chi connectivity index (χ2n) is 7.10. The summed E-state index contributed by atoms with van der Waals surface area (Å²) in [6, 6.07) is 4.68. The van der Waals surface area contributed by atoms with Crippen LogP contribution in [-0.4, -0.2) is 36.5 Å². The highest BCUT2D eigenvalue weighted by molar-refractivity contribution is 6.02. The molecule has 1 fully saturated rings. The molecule has 1 unspecified atom stereocenters. The van der Waals surface area contributed by atoms with Gasteiger partial charge in [0.25, 0.3) is 0 Å². The minimum absolute atomic E-state index is 0.0701. The molecule has 0 bridgehead atoms. The van der Waals surface area contributed by atoms with Crippen LogP contribution in [-0.2, 0) is 4.79 Å². The highest BCUT2D eigenvalue weighted by atomic mass is 16.7. The van der Waals surface area contributed by atoms with Crippen molar-refractivity contribution < 1.29 is 19.1 Å². The molecule has 0 spiro atoms. The van der Waals surface area contributed by atoms with Crippen molar-refractivity contribution in [1.29, 1.82) is 0 Å². The summed E-state index contributed by atoms with van der Waals surface area (Å²) in [7, 11) is 1.73. The minimum atomic E-state index is -0.482. The first-order valence-corrected chi connectivity index (χ1v) is 11.7. The number of hydrogen-bond donors (Lipinski definition) is 0. The molecular weight excluding hydrogens is 378 g/mol. The van der Waals surface area contributed by atoms with Crippen LogP contribution in [0.3, 0.4) is 0 Å². The van der Waals surface area contributed by atoms with E-state index in [1.165, 1.54) is 12.8 Å². The Bertz CT molecular complexity index is 624. The van der Waals surface area contributed by atoms with E-state index in [4.69, 9.17) is 9.47 Å². The number of carbonyl (C=O) groups excluding carboxylic acids is 2. The van der Waals surface area contributed by atoms with Gasteiger partial charge in [0.05, 0.1) is 6.04 Å². The molecule has 1 aromatic rings. The number of nitrogens with zero attached hydrogens (tertiary/aromatic N) is 1. The summed E-state index contributed by atoms with van der Waals surface area (Å²) < 4.78 is 10.6. The van der Waals surface area contributed by atoms with Crippen molar-refractivity contribution in [1.82, 2.24) is 4.90 Å². The predicted molar refractivity (Wildman–Crippen MR) is 124 cm³/mol. The largest absolute Gasteiger partial charge is 0.454 e. The van der Waals surface area contributed by atoms with Gasteiger partial charge in [-0.25, -0.2) is 0 Å². The van der Waals surface area contributed by atoms with Crippen molar-refractivity contribution in [2.24, 2.45) is 5.92 Å². The molecule has 0 saturated heterocycles. The third-order valence-corrected chi connectivity index (χ3v) is 4.92. The zero-order valence-corrected chi connectivity index (χ0v) is 20.4.